The van der Waals surface area contributed by atoms with Gasteiger partial charge in [0, 0.05) is 12.5 Å². The minimum absolute atomic E-state index is 0.00362. The molecule has 39 heavy (non-hydrogen) atoms. The Labute approximate surface area is 239 Å². The Morgan fingerprint density at radius 2 is 1.23 bits per heavy atom. The van der Waals surface area contributed by atoms with Crippen molar-refractivity contribution >= 4 is 14.8 Å². The first-order valence-corrected chi connectivity index (χ1v) is 18.1. The normalized spacial score (nSPS) is 27.1. The van der Waals surface area contributed by atoms with Crippen LogP contribution in [0.2, 0.25) is 6.04 Å². The van der Waals surface area contributed by atoms with E-state index in [0.29, 0.717) is 6.04 Å². The molecule has 0 aromatic heterocycles. The number of unbranched alkanes of at least 4 members (excludes halogenated alkanes) is 14. The highest BCUT2D eigenvalue weighted by Gasteiger charge is 2.58. The summed E-state index contributed by atoms with van der Waals surface area (Å²) in [5.41, 5.74) is 0. The highest BCUT2D eigenvalue weighted by Crippen LogP contribution is 2.35. The molecule has 0 aromatic carbocycles. The van der Waals surface area contributed by atoms with Crippen LogP contribution in [0.25, 0.3) is 0 Å². The van der Waals surface area contributed by atoms with Gasteiger partial charge in [0.05, 0.1) is 39.3 Å². The second-order valence-electron chi connectivity index (χ2n) is 12.3. The van der Waals surface area contributed by atoms with Gasteiger partial charge in [0.2, 0.25) is 0 Å². The van der Waals surface area contributed by atoms with E-state index in [0.717, 1.165) is 30.5 Å². The maximum Gasteiger partial charge on any atom is 0.502 e. The average molecular weight is 574 g/mol. The number of aliphatic hydroxyl groups is 2. The fourth-order valence-electron chi connectivity index (χ4n) is 6.07. The summed E-state index contributed by atoms with van der Waals surface area (Å²) in [6.07, 6.45) is 16.7. The molecule has 2 N–H and O–H groups in total. The monoisotopic (exact) mass is 573 g/mol. The number of carbonyl (C=O) groups is 1. The van der Waals surface area contributed by atoms with Crippen LogP contribution in [0.15, 0.2) is 0 Å². The van der Waals surface area contributed by atoms with E-state index >= 15 is 0 Å². The van der Waals surface area contributed by atoms with E-state index in [1.165, 1.54) is 103 Å². The molecule has 9 heteroatoms. The molecule has 2 aliphatic heterocycles. The predicted octanol–water partition coefficient (Wildman–Crippen LogP) is 4.33. The standard InChI is InChI=1S/C30H59NO7Si/c1-4-6-8-10-12-14-16-18-21-31(3,22-19-17-15-13-11-9-7-5-2)23-20-24-39-36-25-26(32)28(37-39)27(33)29(38-39)30(34)35/h26-29,32-33H,4-25H2,1-3H3/t26-,27+,28+,29-,39?/m1/s1. The summed E-state index contributed by atoms with van der Waals surface area (Å²) in [5, 5.41) is 32.1. The first kappa shape index (κ1) is 34.6. The molecule has 2 fully saturated rings. The summed E-state index contributed by atoms with van der Waals surface area (Å²) < 4.78 is 18.5. The van der Waals surface area contributed by atoms with Crippen molar-refractivity contribution in [2.75, 3.05) is 33.3 Å². The van der Waals surface area contributed by atoms with Crippen LogP contribution in [0.1, 0.15) is 123 Å². The number of hydrogen-bond acceptors (Lipinski definition) is 7. The van der Waals surface area contributed by atoms with Crippen LogP contribution >= 0.6 is 0 Å². The number of carboxylic acid groups (broad SMARTS) is 1. The fraction of sp³-hybridized carbons (Fsp3) is 0.967. The molecule has 230 valence electrons. The second-order valence-corrected chi connectivity index (χ2v) is 15.0. The molecule has 0 aromatic rings. The van der Waals surface area contributed by atoms with E-state index in [1.54, 1.807) is 0 Å². The Morgan fingerprint density at radius 3 is 1.72 bits per heavy atom. The fourth-order valence-corrected chi connectivity index (χ4v) is 8.99. The lowest BCUT2D eigenvalue weighted by Crippen LogP contribution is -2.71. The molecule has 0 amide bonds. The molecule has 2 saturated heterocycles. The number of fused-ring (bicyclic) bond motifs is 2. The van der Waals surface area contributed by atoms with Gasteiger partial charge >= 0.3 is 8.80 Å². The van der Waals surface area contributed by atoms with Gasteiger partial charge in [0.1, 0.15) is 24.4 Å². The zero-order chi connectivity index (χ0) is 28.6. The van der Waals surface area contributed by atoms with Gasteiger partial charge in [-0.2, -0.15) is 0 Å². The van der Waals surface area contributed by atoms with Crippen molar-refractivity contribution in [1.82, 2.24) is 0 Å². The lowest BCUT2D eigenvalue weighted by molar-refractivity contribution is -0.910. The van der Waals surface area contributed by atoms with E-state index in [9.17, 15) is 20.1 Å². The van der Waals surface area contributed by atoms with Crippen molar-refractivity contribution in [3.05, 3.63) is 0 Å². The van der Waals surface area contributed by atoms with Crippen molar-refractivity contribution in [2.45, 2.75) is 153 Å². The van der Waals surface area contributed by atoms with E-state index in [4.69, 9.17) is 13.3 Å². The number of aliphatic carboxylic acids is 1. The van der Waals surface area contributed by atoms with E-state index in [1.807, 2.05) is 0 Å². The van der Waals surface area contributed by atoms with E-state index in [2.05, 4.69) is 20.9 Å². The van der Waals surface area contributed by atoms with Gasteiger partial charge in [-0.25, -0.2) is 0 Å². The molecule has 0 saturated carbocycles. The first-order chi connectivity index (χ1) is 18.8. The number of carboxylic acids is 1. The van der Waals surface area contributed by atoms with Crippen LogP contribution in [0.3, 0.4) is 0 Å². The summed E-state index contributed by atoms with van der Waals surface area (Å²) in [4.78, 5) is 11.6. The van der Waals surface area contributed by atoms with Crippen LogP contribution in [-0.4, -0.2) is 87.2 Å². The van der Waals surface area contributed by atoms with Gasteiger partial charge in [0.25, 0.3) is 0 Å². The number of hydrogen-bond donors (Lipinski definition) is 2. The molecule has 2 bridgehead atoms. The number of carbonyl (C=O) groups excluding carboxylic acids is 1. The molecule has 5 atom stereocenters. The molecular weight excluding hydrogens is 514 g/mol. The van der Waals surface area contributed by atoms with Crippen molar-refractivity contribution in [1.29, 1.82) is 0 Å². The molecular formula is C30H59NO7Si. The van der Waals surface area contributed by atoms with Crippen LogP contribution in [0.5, 0.6) is 0 Å². The third-order valence-corrected chi connectivity index (χ3v) is 11.5. The van der Waals surface area contributed by atoms with Crippen LogP contribution < -0.4 is 5.11 Å². The van der Waals surface area contributed by atoms with Crippen LogP contribution in [0.4, 0.5) is 0 Å². The lowest BCUT2D eigenvalue weighted by atomic mass is 10.0. The quantitative estimate of drug-likeness (QED) is 0.106. The molecule has 0 spiro atoms. The number of rotatable bonds is 23. The first-order valence-electron chi connectivity index (χ1n) is 16.2. The Kier molecular flexibility index (Phi) is 16.7. The summed E-state index contributed by atoms with van der Waals surface area (Å²) in [6.45, 7) is 7.74. The van der Waals surface area contributed by atoms with Gasteiger partial charge in [-0.1, -0.05) is 90.9 Å². The minimum atomic E-state index is -3.31. The Bertz CT molecular complexity index is 649. The SMILES string of the molecule is CCCCCCCCCC[N+](C)(CCCCCCCCCC)CCC[Si]12OC[C@@H](O)[C@H](O1)[C@H](O)[C@H](C(=O)[O-])O2. The van der Waals surface area contributed by atoms with E-state index in [-0.39, 0.29) is 6.61 Å². The highest BCUT2D eigenvalue weighted by atomic mass is 28.4. The lowest BCUT2D eigenvalue weighted by Gasteiger charge is -2.49. The molecule has 0 aliphatic carbocycles. The Hall–Kier alpha value is -0.553. The maximum atomic E-state index is 11.6. The third kappa shape index (κ3) is 12.5. The number of aliphatic hydroxyl groups excluding tert-OH is 2. The van der Waals surface area contributed by atoms with E-state index < -0.39 is 39.2 Å². The Morgan fingerprint density at radius 1 is 0.769 bits per heavy atom. The van der Waals surface area contributed by atoms with Crippen molar-refractivity contribution in [3.8, 4) is 0 Å². The van der Waals surface area contributed by atoms with Crippen molar-refractivity contribution in [2.24, 2.45) is 0 Å². The number of quaternary nitrogens is 1. The smallest absolute Gasteiger partial charge is 0.502 e. The minimum Gasteiger partial charge on any atom is -0.547 e. The molecule has 2 rings (SSSR count). The van der Waals surface area contributed by atoms with Crippen molar-refractivity contribution in [3.63, 3.8) is 0 Å². The highest BCUT2D eigenvalue weighted by molar-refractivity contribution is 6.61. The molecule has 0 radical (unpaired) electrons. The van der Waals surface area contributed by atoms with Gasteiger partial charge in [-0.3, -0.25) is 0 Å². The molecule has 8 nitrogen and oxygen atoms in total. The topological polar surface area (TPSA) is 108 Å². The summed E-state index contributed by atoms with van der Waals surface area (Å²) >= 11 is 0. The largest absolute Gasteiger partial charge is 0.547 e. The third-order valence-electron chi connectivity index (χ3n) is 8.64. The average Bonchev–Trinajstić information content (AvgIpc) is 2.91. The van der Waals surface area contributed by atoms with Gasteiger partial charge in [-0.05, 0) is 25.7 Å². The zero-order valence-electron chi connectivity index (χ0n) is 25.2. The summed E-state index contributed by atoms with van der Waals surface area (Å²) in [7, 11) is -0.960. The molecule has 2 heterocycles. The van der Waals surface area contributed by atoms with Crippen LogP contribution in [0, 0.1) is 0 Å². The number of nitrogens with zero attached hydrogens (tertiary/aromatic N) is 1. The molecule has 2 aliphatic rings. The zero-order valence-corrected chi connectivity index (χ0v) is 26.2. The van der Waals surface area contributed by atoms with Gasteiger partial charge < -0.3 is 37.9 Å². The van der Waals surface area contributed by atoms with Crippen molar-refractivity contribution < 1.29 is 37.9 Å². The van der Waals surface area contributed by atoms with Crippen LogP contribution in [-0.2, 0) is 18.1 Å². The maximum absolute atomic E-state index is 11.6. The van der Waals surface area contributed by atoms with Gasteiger partial charge in [-0.15, -0.1) is 0 Å². The summed E-state index contributed by atoms with van der Waals surface area (Å²) in [6, 6.07) is 0.482. The van der Waals surface area contributed by atoms with Gasteiger partial charge in [0.15, 0.2) is 0 Å². The summed E-state index contributed by atoms with van der Waals surface area (Å²) in [5.74, 6) is -1.49. The predicted molar refractivity (Wildman–Crippen MR) is 154 cm³/mol. The Balaban J connectivity index is 1.85. The second kappa shape index (κ2) is 18.8. The molecule has 1 unspecified atom stereocenters.